The lowest BCUT2D eigenvalue weighted by atomic mass is 10.1. The fourth-order valence-corrected chi connectivity index (χ4v) is 1.07. The molecule has 0 radical (unpaired) electrons. The predicted octanol–water partition coefficient (Wildman–Crippen LogP) is 2.85. The van der Waals surface area contributed by atoms with Gasteiger partial charge < -0.3 is 5.73 Å². The lowest BCUT2D eigenvalue weighted by Gasteiger charge is -2.10. The smallest absolute Gasteiger partial charge is 0.398 e. The Bertz CT molecular complexity index is 304. The van der Waals surface area contributed by atoms with Crippen molar-refractivity contribution in [3.05, 3.63) is 29.3 Å². The van der Waals surface area contributed by atoms with E-state index < -0.39 is 11.7 Å². The molecule has 72 valence electrons. The van der Waals surface area contributed by atoms with Crippen molar-refractivity contribution < 1.29 is 13.2 Å². The number of benzene rings is 1. The monoisotopic (exact) mass is 189 g/mol. The molecule has 0 saturated heterocycles. The van der Waals surface area contributed by atoms with E-state index in [1.807, 2.05) is 0 Å². The molecule has 2 N–H and O–H groups in total. The molecule has 0 spiro atoms. The van der Waals surface area contributed by atoms with Crippen molar-refractivity contribution in [2.75, 3.05) is 5.73 Å². The highest BCUT2D eigenvalue weighted by molar-refractivity contribution is 5.50. The Morgan fingerprint density at radius 3 is 2.38 bits per heavy atom. The highest BCUT2D eigenvalue weighted by atomic mass is 19.4. The molecule has 0 aliphatic carbocycles. The van der Waals surface area contributed by atoms with Gasteiger partial charge in [0.05, 0.1) is 5.56 Å². The fraction of sp³-hybridized carbons (Fsp3) is 0.333. The van der Waals surface area contributed by atoms with E-state index in [2.05, 4.69) is 0 Å². The summed E-state index contributed by atoms with van der Waals surface area (Å²) in [7, 11) is 0. The first kappa shape index (κ1) is 9.89. The van der Waals surface area contributed by atoms with Gasteiger partial charge in [0.25, 0.3) is 0 Å². The minimum atomic E-state index is -4.35. The Hall–Kier alpha value is -1.19. The minimum Gasteiger partial charge on any atom is -0.398 e. The van der Waals surface area contributed by atoms with Crippen molar-refractivity contribution in [3.63, 3.8) is 0 Å². The summed E-state index contributed by atoms with van der Waals surface area (Å²) < 4.78 is 36.9. The molecular weight excluding hydrogens is 179 g/mol. The summed E-state index contributed by atoms with van der Waals surface area (Å²) in [5.74, 6) is 0. The first-order valence-electron chi connectivity index (χ1n) is 3.90. The molecule has 1 rings (SSSR count). The van der Waals surface area contributed by atoms with Crippen LogP contribution >= 0.6 is 0 Å². The van der Waals surface area contributed by atoms with Crippen LogP contribution in [-0.4, -0.2) is 0 Å². The molecule has 0 unspecified atom stereocenters. The molecule has 0 aliphatic heterocycles. The molecule has 1 aromatic rings. The normalized spacial score (nSPS) is 11.7. The van der Waals surface area contributed by atoms with E-state index in [0.717, 1.165) is 6.07 Å². The standard InChI is InChI=1S/C9H10F3N/c1-2-6-3-4-8(13)7(5-6)9(10,11)12/h3-5H,2,13H2,1H3. The van der Waals surface area contributed by atoms with Crippen LogP contribution in [0.3, 0.4) is 0 Å². The summed E-state index contributed by atoms with van der Waals surface area (Å²) in [6.45, 7) is 1.80. The Labute approximate surface area is 74.4 Å². The topological polar surface area (TPSA) is 26.0 Å². The molecule has 1 aromatic carbocycles. The average Bonchev–Trinajstić information content (AvgIpc) is 2.03. The van der Waals surface area contributed by atoms with E-state index in [1.165, 1.54) is 6.07 Å². The SMILES string of the molecule is CCc1ccc(N)c(C(F)(F)F)c1. The van der Waals surface area contributed by atoms with E-state index in [0.29, 0.717) is 12.0 Å². The van der Waals surface area contributed by atoms with E-state index >= 15 is 0 Å². The van der Waals surface area contributed by atoms with Crippen molar-refractivity contribution in [2.45, 2.75) is 19.5 Å². The van der Waals surface area contributed by atoms with Crippen molar-refractivity contribution in [1.82, 2.24) is 0 Å². The van der Waals surface area contributed by atoms with Crippen molar-refractivity contribution in [3.8, 4) is 0 Å². The Balaban J connectivity index is 3.19. The van der Waals surface area contributed by atoms with Gasteiger partial charge >= 0.3 is 6.18 Å². The fourth-order valence-electron chi connectivity index (χ4n) is 1.07. The number of rotatable bonds is 1. The van der Waals surface area contributed by atoms with Crippen LogP contribution < -0.4 is 5.73 Å². The zero-order chi connectivity index (χ0) is 10.1. The van der Waals surface area contributed by atoms with Crippen LogP contribution in [0.1, 0.15) is 18.1 Å². The number of anilines is 1. The summed E-state index contributed by atoms with van der Waals surface area (Å²) in [5.41, 5.74) is 4.89. The third kappa shape index (κ3) is 2.14. The molecule has 4 heteroatoms. The Kier molecular flexibility index (Phi) is 2.50. The third-order valence-corrected chi connectivity index (χ3v) is 1.83. The molecule has 1 nitrogen and oxygen atoms in total. The highest BCUT2D eigenvalue weighted by Gasteiger charge is 2.32. The molecular formula is C9H10F3N. The summed E-state index contributed by atoms with van der Waals surface area (Å²) >= 11 is 0. The molecule has 0 saturated carbocycles. The maximum atomic E-state index is 12.3. The van der Waals surface area contributed by atoms with Gasteiger partial charge in [-0.3, -0.25) is 0 Å². The quantitative estimate of drug-likeness (QED) is 0.675. The van der Waals surface area contributed by atoms with Crippen LogP contribution in [0, 0.1) is 0 Å². The second-order valence-electron chi connectivity index (χ2n) is 2.77. The van der Waals surface area contributed by atoms with Crippen molar-refractivity contribution >= 4 is 5.69 Å². The molecule has 0 aliphatic rings. The van der Waals surface area contributed by atoms with Crippen LogP contribution in [-0.2, 0) is 12.6 Å². The number of nitrogens with two attached hydrogens (primary N) is 1. The molecule has 0 amide bonds. The van der Waals surface area contributed by atoms with Gasteiger partial charge in [-0.25, -0.2) is 0 Å². The van der Waals surface area contributed by atoms with Crippen molar-refractivity contribution in [2.24, 2.45) is 0 Å². The summed E-state index contributed by atoms with van der Waals surface area (Å²) in [4.78, 5) is 0. The third-order valence-electron chi connectivity index (χ3n) is 1.83. The van der Waals surface area contributed by atoms with E-state index in [9.17, 15) is 13.2 Å². The number of alkyl halides is 3. The molecule has 0 atom stereocenters. The molecule has 0 aromatic heterocycles. The van der Waals surface area contributed by atoms with E-state index in [1.54, 1.807) is 13.0 Å². The first-order valence-corrected chi connectivity index (χ1v) is 3.90. The van der Waals surface area contributed by atoms with Crippen LogP contribution in [0.4, 0.5) is 18.9 Å². The second-order valence-corrected chi connectivity index (χ2v) is 2.77. The van der Waals surface area contributed by atoms with Gasteiger partial charge in [0.15, 0.2) is 0 Å². The van der Waals surface area contributed by atoms with Gasteiger partial charge in [0.2, 0.25) is 0 Å². The molecule has 13 heavy (non-hydrogen) atoms. The number of halogens is 3. The maximum absolute atomic E-state index is 12.3. The minimum absolute atomic E-state index is 0.218. The summed E-state index contributed by atoms with van der Waals surface area (Å²) in [5, 5.41) is 0. The maximum Gasteiger partial charge on any atom is 0.418 e. The van der Waals surface area contributed by atoms with Crippen LogP contribution in [0.15, 0.2) is 18.2 Å². The number of hydrogen-bond acceptors (Lipinski definition) is 1. The summed E-state index contributed by atoms with van der Waals surface area (Å²) in [6, 6.07) is 3.99. The highest BCUT2D eigenvalue weighted by Crippen LogP contribution is 2.33. The first-order chi connectivity index (χ1) is 5.95. The zero-order valence-electron chi connectivity index (χ0n) is 7.15. The average molecular weight is 189 g/mol. The van der Waals surface area contributed by atoms with Gasteiger partial charge in [0.1, 0.15) is 0 Å². The lowest BCUT2D eigenvalue weighted by Crippen LogP contribution is -2.09. The van der Waals surface area contributed by atoms with E-state index in [4.69, 9.17) is 5.73 Å². The lowest BCUT2D eigenvalue weighted by molar-refractivity contribution is -0.136. The van der Waals surface area contributed by atoms with Gasteiger partial charge in [-0.05, 0) is 24.1 Å². The second kappa shape index (κ2) is 3.28. The molecule has 0 fully saturated rings. The zero-order valence-corrected chi connectivity index (χ0v) is 7.15. The molecule has 0 bridgehead atoms. The summed E-state index contributed by atoms with van der Waals surface area (Å²) in [6.07, 6.45) is -3.78. The largest absolute Gasteiger partial charge is 0.418 e. The molecule has 0 heterocycles. The van der Waals surface area contributed by atoms with Gasteiger partial charge in [-0.2, -0.15) is 13.2 Å². The van der Waals surface area contributed by atoms with Gasteiger partial charge in [-0.1, -0.05) is 13.0 Å². The van der Waals surface area contributed by atoms with Crippen LogP contribution in [0.5, 0.6) is 0 Å². The number of hydrogen-bond donors (Lipinski definition) is 1. The van der Waals surface area contributed by atoms with Crippen LogP contribution in [0.25, 0.3) is 0 Å². The Morgan fingerprint density at radius 1 is 1.31 bits per heavy atom. The predicted molar refractivity (Wildman–Crippen MR) is 45.2 cm³/mol. The van der Waals surface area contributed by atoms with Gasteiger partial charge in [-0.15, -0.1) is 0 Å². The van der Waals surface area contributed by atoms with Crippen LogP contribution in [0.2, 0.25) is 0 Å². The van der Waals surface area contributed by atoms with Crippen molar-refractivity contribution in [1.29, 1.82) is 0 Å². The Morgan fingerprint density at radius 2 is 1.92 bits per heavy atom. The van der Waals surface area contributed by atoms with Gasteiger partial charge in [0, 0.05) is 5.69 Å². The number of aryl methyl sites for hydroxylation is 1. The number of nitrogen functional groups attached to an aromatic ring is 1. The van der Waals surface area contributed by atoms with E-state index in [-0.39, 0.29) is 5.69 Å².